The van der Waals surface area contributed by atoms with Gasteiger partial charge in [0.15, 0.2) is 0 Å². The number of aromatic nitrogens is 1. The first-order valence-electron chi connectivity index (χ1n) is 6.23. The predicted molar refractivity (Wildman–Crippen MR) is 76.5 cm³/mol. The lowest BCUT2D eigenvalue weighted by molar-refractivity contribution is 0.312. The molecule has 2 heterocycles. The topological polar surface area (TPSA) is 19.4 Å². The Morgan fingerprint density at radius 2 is 1.83 bits per heavy atom. The van der Waals surface area contributed by atoms with E-state index in [0.29, 0.717) is 5.15 Å². The molecule has 3 rings (SSSR count). The highest BCUT2D eigenvalue weighted by Gasteiger charge is 2.17. The molecule has 94 valence electrons. The van der Waals surface area contributed by atoms with Gasteiger partial charge < -0.3 is 9.80 Å². The van der Waals surface area contributed by atoms with Crippen LogP contribution < -0.4 is 4.90 Å². The van der Waals surface area contributed by atoms with Crippen molar-refractivity contribution in [2.75, 3.05) is 38.1 Å². The predicted octanol–water partition coefficient (Wildman–Crippen LogP) is 2.64. The maximum Gasteiger partial charge on any atom is 0.138 e. The highest BCUT2D eigenvalue weighted by atomic mass is 35.5. The molecular formula is C14H16ClN3. The molecule has 0 bridgehead atoms. The third-order valence-corrected chi connectivity index (χ3v) is 3.69. The van der Waals surface area contributed by atoms with Gasteiger partial charge in [-0.05, 0) is 18.5 Å². The Hall–Kier alpha value is -1.32. The van der Waals surface area contributed by atoms with Crippen LogP contribution in [0.1, 0.15) is 0 Å². The molecule has 0 N–H and O–H groups in total. The highest BCUT2D eigenvalue weighted by molar-refractivity contribution is 6.30. The largest absolute Gasteiger partial charge is 0.353 e. The number of pyridine rings is 1. The summed E-state index contributed by atoms with van der Waals surface area (Å²) in [5.74, 6) is 1.02. The van der Waals surface area contributed by atoms with Crippen molar-refractivity contribution < 1.29 is 0 Å². The van der Waals surface area contributed by atoms with E-state index in [-0.39, 0.29) is 0 Å². The zero-order chi connectivity index (χ0) is 12.5. The van der Waals surface area contributed by atoms with Crippen molar-refractivity contribution in [2.45, 2.75) is 0 Å². The molecule has 0 spiro atoms. The minimum atomic E-state index is 0.572. The van der Waals surface area contributed by atoms with Crippen molar-refractivity contribution in [3.63, 3.8) is 0 Å². The van der Waals surface area contributed by atoms with Gasteiger partial charge >= 0.3 is 0 Å². The Kier molecular flexibility index (Phi) is 3.10. The van der Waals surface area contributed by atoms with Crippen LogP contribution in [0.3, 0.4) is 0 Å². The molecule has 1 aromatic carbocycles. The van der Waals surface area contributed by atoms with Gasteiger partial charge in [0.25, 0.3) is 0 Å². The molecule has 0 atom stereocenters. The number of hydrogen-bond acceptors (Lipinski definition) is 3. The molecule has 3 nitrogen and oxygen atoms in total. The summed E-state index contributed by atoms with van der Waals surface area (Å²) < 4.78 is 0. The van der Waals surface area contributed by atoms with Crippen LogP contribution in [-0.2, 0) is 0 Å². The SMILES string of the molecule is CN1CCN(c2nc(Cl)cc3ccccc23)CC1. The number of hydrogen-bond donors (Lipinski definition) is 0. The Labute approximate surface area is 112 Å². The van der Waals surface area contributed by atoms with Gasteiger partial charge in [-0.1, -0.05) is 35.9 Å². The van der Waals surface area contributed by atoms with E-state index in [1.807, 2.05) is 12.1 Å². The van der Waals surface area contributed by atoms with E-state index in [9.17, 15) is 0 Å². The van der Waals surface area contributed by atoms with Crippen LogP contribution in [0.5, 0.6) is 0 Å². The number of rotatable bonds is 1. The number of anilines is 1. The fraction of sp³-hybridized carbons (Fsp3) is 0.357. The van der Waals surface area contributed by atoms with Gasteiger partial charge in [-0.25, -0.2) is 4.98 Å². The third-order valence-electron chi connectivity index (χ3n) is 3.49. The number of benzene rings is 1. The third kappa shape index (κ3) is 2.16. The number of fused-ring (bicyclic) bond motifs is 1. The van der Waals surface area contributed by atoms with E-state index < -0.39 is 0 Å². The number of nitrogens with zero attached hydrogens (tertiary/aromatic N) is 3. The average Bonchev–Trinajstić information content (AvgIpc) is 2.38. The molecule has 0 radical (unpaired) electrons. The average molecular weight is 262 g/mol. The lowest BCUT2D eigenvalue weighted by Crippen LogP contribution is -2.44. The van der Waals surface area contributed by atoms with Gasteiger partial charge in [0.05, 0.1) is 0 Å². The molecule has 1 fully saturated rings. The fourth-order valence-electron chi connectivity index (χ4n) is 2.41. The van der Waals surface area contributed by atoms with Crippen LogP contribution in [0, 0.1) is 0 Å². The molecule has 0 aliphatic carbocycles. The van der Waals surface area contributed by atoms with Crippen LogP contribution in [0.2, 0.25) is 5.15 Å². The van der Waals surface area contributed by atoms with Gasteiger partial charge in [-0.2, -0.15) is 0 Å². The second kappa shape index (κ2) is 4.75. The maximum absolute atomic E-state index is 6.12. The molecule has 18 heavy (non-hydrogen) atoms. The van der Waals surface area contributed by atoms with Gasteiger partial charge in [-0.3, -0.25) is 0 Å². The molecule has 2 aromatic rings. The van der Waals surface area contributed by atoms with Gasteiger partial charge in [0.1, 0.15) is 11.0 Å². The van der Waals surface area contributed by atoms with Crippen LogP contribution >= 0.6 is 11.6 Å². The summed E-state index contributed by atoms with van der Waals surface area (Å²) in [6.45, 7) is 4.16. The summed E-state index contributed by atoms with van der Waals surface area (Å²) >= 11 is 6.12. The van der Waals surface area contributed by atoms with Crippen molar-refractivity contribution in [1.82, 2.24) is 9.88 Å². The number of piperazine rings is 1. The zero-order valence-corrected chi connectivity index (χ0v) is 11.2. The minimum absolute atomic E-state index is 0.572. The quantitative estimate of drug-likeness (QED) is 0.736. The Balaban J connectivity index is 2.05. The second-order valence-corrected chi connectivity index (χ2v) is 5.17. The molecule has 1 saturated heterocycles. The lowest BCUT2D eigenvalue weighted by atomic mass is 10.1. The summed E-state index contributed by atoms with van der Waals surface area (Å²) in [7, 11) is 2.15. The molecule has 0 amide bonds. The van der Waals surface area contributed by atoms with Crippen molar-refractivity contribution in [3.05, 3.63) is 35.5 Å². The summed E-state index contributed by atoms with van der Waals surface area (Å²) in [6, 6.07) is 10.2. The molecular weight excluding hydrogens is 246 g/mol. The minimum Gasteiger partial charge on any atom is -0.353 e. The number of likely N-dealkylation sites (N-methyl/N-ethyl adjacent to an activating group) is 1. The standard InChI is InChI=1S/C14H16ClN3/c1-17-6-8-18(9-7-17)14-12-5-3-2-4-11(12)10-13(15)16-14/h2-5,10H,6-9H2,1H3. The summed E-state index contributed by atoms with van der Waals surface area (Å²) in [5.41, 5.74) is 0. The first kappa shape index (κ1) is 11.8. The van der Waals surface area contributed by atoms with Crippen molar-refractivity contribution >= 4 is 28.2 Å². The highest BCUT2D eigenvalue weighted by Crippen LogP contribution is 2.28. The van der Waals surface area contributed by atoms with Crippen LogP contribution in [0.15, 0.2) is 30.3 Å². The Bertz CT molecular complexity index is 562. The van der Waals surface area contributed by atoms with E-state index in [2.05, 4.69) is 40.0 Å². The normalized spacial score (nSPS) is 17.3. The van der Waals surface area contributed by atoms with Crippen LogP contribution in [-0.4, -0.2) is 43.1 Å². The summed E-state index contributed by atoms with van der Waals surface area (Å²) in [5, 5.41) is 2.92. The first-order chi connectivity index (χ1) is 8.74. The first-order valence-corrected chi connectivity index (χ1v) is 6.60. The van der Waals surface area contributed by atoms with E-state index in [1.54, 1.807) is 0 Å². The second-order valence-electron chi connectivity index (χ2n) is 4.78. The molecule has 0 saturated carbocycles. The smallest absolute Gasteiger partial charge is 0.138 e. The van der Waals surface area contributed by atoms with E-state index in [4.69, 9.17) is 11.6 Å². The Morgan fingerprint density at radius 1 is 1.11 bits per heavy atom. The van der Waals surface area contributed by atoms with Gasteiger partial charge in [-0.15, -0.1) is 0 Å². The lowest BCUT2D eigenvalue weighted by Gasteiger charge is -2.33. The molecule has 1 aliphatic heterocycles. The Morgan fingerprint density at radius 3 is 2.61 bits per heavy atom. The van der Waals surface area contributed by atoms with Crippen molar-refractivity contribution in [1.29, 1.82) is 0 Å². The fourth-order valence-corrected chi connectivity index (χ4v) is 2.61. The number of halogens is 1. The summed E-state index contributed by atoms with van der Waals surface area (Å²) in [4.78, 5) is 9.19. The summed E-state index contributed by atoms with van der Waals surface area (Å²) in [6.07, 6.45) is 0. The van der Waals surface area contributed by atoms with Gasteiger partial charge in [0, 0.05) is 31.6 Å². The van der Waals surface area contributed by atoms with Crippen LogP contribution in [0.25, 0.3) is 10.8 Å². The molecule has 0 unspecified atom stereocenters. The molecule has 1 aromatic heterocycles. The van der Waals surface area contributed by atoms with E-state index >= 15 is 0 Å². The van der Waals surface area contributed by atoms with Crippen molar-refractivity contribution in [2.24, 2.45) is 0 Å². The monoisotopic (exact) mass is 261 g/mol. The maximum atomic E-state index is 6.12. The van der Waals surface area contributed by atoms with E-state index in [0.717, 1.165) is 37.4 Å². The molecule has 1 aliphatic rings. The van der Waals surface area contributed by atoms with Crippen molar-refractivity contribution in [3.8, 4) is 0 Å². The zero-order valence-electron chi connectivity index (χ0n) is 10.4. The molecule has 4 heteroatoms. The van der Waals surface area contributed by atoms with Gasteiger partial charge in [0.2, 0.25) is 0 Å². The van der Waals surface area contributed by atoms with Crippen LogP contribution in [0.4, 0.5) is 5.82 Å². The van der Waals surface area contributed by atoms with E-state index in [1.165, 1.54) is 5.39 Å².